The molecule has 0 fully saturated rings. The van der Waals surface area contributed by atoms with Crippen molar-refractivity contribution in [1.82, 2.24) is 9.71 Å². The molecule has 3 rings (SSSR count). The molecule has 0 aliphatic carbocycles. The van der Waals surface area contributed by atoms with E-state index in [9.17, 15) is 18.3 Å². The van der Waals surface area contributed by atoms with Gasteiger partial charge in [-0.1, -0.05) is 0 Å². The summed E-state index contributed by atoms with van der Waals surface area (Å²) in [6, 6.07) is 9.85. The lowest BCUT2D eigenvalue weighted by Crippen LogP contribution is -2.42. The van der Waals surface area contributed by atoms with E-state index in [0.717, 1.165) is 10.9 Å². The van der Waals surface area contributed by atoms with Gasteiger partial charge in [-0.2, -0.15) is 4.72 Å². The van der Waals surface area contributed by atoms with E-state index in [1.807, 2.05) is 13.0 Å². The molecule has 9 heteroatoms. The Balaban J connectivity index is 1.84. The van der Waals surface area contributed by atoms with Gasteiger partial charge in [0, 0.05) is 23.5 Å². The Hall–Kier alpha value is -3.04. The highest BCUT2D eigenvalue weighted by Crippen LogP contribution is 2.25. The Morgan fingerprint density at radius 2 is 1.86 bits per heavy atom. The van der Waals surface area contributed by atoms with Gasteiger partial charge in [0.2, 0.25) is 10.0 Å². The number of fused-ring (bicyclic) bond motifs is 1. The summed E-state index contributed by atoms with van der Waals surface area (Å²) in [5.41, 5.74) is 1.47. The summed E-state index contributed by atoms with van der Waals surface area (Å²) < 4.78 is 38.1. The maximum absolute atomic E-state index is 12.7. The van der Waals surface area contributed by atoms with E-state index >= 15 is 0 Å². The van der Waals surface area contributed by atoms with Crippen LogP contribution in [0.25, 0.3) is 10.9 Å². The molecule has 0 bridgehead atoms. The second-order valence-electron chi connectivity index (χ2n) is 6.35. The van der Waals surface area contributed by atoms with Gasteiger partial charge in [-0.15, -0.1) is 0 Å². The Bertz CT molecular complexity index is 1110. The third-order valence-electron chi connectivity index (χ3n) is 4.44. The number of carboxylic acids is 1. The number of nitrogens with one attached hydrogen (secondary N) is 2. The minimum Gasteiger partial charge on any atom is -0.497 e. The molecular formula is C20H22N2O6S. The number of rotatable bonds is 9. The zero-order valence-electron chi connectivity index (χ0n) is 16.0. The van der Waals surface area contributed by atoms with E-state index in [-0.39, 0.29) is 11.3 Å². The summed E-state index contributed by atoms with van der Waals surface area (Å²) in [7, 11) is -2.49. The number of sulfonamides is 1. The van der Waals surface area contributed by atoms with Gasteiger partial charge in [0.05, 0.1) is 18.6 Å². The van der Waals surface area contributed by atoms with Crippen LogP contribution in [-0.2, 0) is 21.2 Å². The number of benzene rings is 2. The molecule has 0 amide bonds. The molecular weight excluding hydrogens is 396 g/mol. The molecule has 0 spiro atoms. The summed E-state index contributed by atoms with van der Waals surface area (Å²) in [6.45, 7) is 2.28. The Morgan fingerprint density at radius 1 is 1.17 bits per heavy atom. The average Bonchev–Trinajstić information content (AvgIpc) is 3.10. The first-order valence-corrected chi connectivity index (χ1v) is 10.4. The van der Waals surface area contributed by atoms with E-state index in [4.69, 9.17) is 9.47 Å². The Morgan fingerprint density at radius 3 is 2.48 bits per heavy atom. The number of carboxylic acid groups (broad SMARTS) is 1. The molecule has 0 aliphatic rings. The predicted molar refractivity (Wildman–Crippen MR) is 108 cm³/mol. The number of aromatic amines is 1. The molecule has 3 aromatic rings. The molecule has 154 valence electrons. The van der Waals surface area contributed by atoms with E-state index in [0.29, 0.717) is 23.7 Å². The average molecular weight is 418 g/mol. The number of aliphatic carboxylic acids is 1. The summed E-state index contributed by atoms with van der Waals surface area (Å²) in [5, 5.41) is 10.4. The smallest absolute Gasteiger partial charge is 0.322 e. The van der Waals surface area contributed by atoms with Crippen molar-refractivity contribution >= 4 is 26.9 Å². The number of carbonyl (C=O) groups is 1. The summed E-state index contributed by atoms with van der Waals surface area (Å²) in [6.07, 6.45) is 1.64. The number of hydrogen-bond acceptors (Lipinski definition) is 5. The van der Waals surface area contributed by atoms with Gasteiger partial charge in [0.1, 0.15) is 17.5 Å². The van der Waals surface area contributed by atoms with Gasteiger partial charge < -0.3 is 19.6 Å². The van der Waals surface area contributed by atoms with Crippen LogP contribution >= 0.6 is 0 Å². The highest BCUT2D eigenvalue weighted by atomic mass is 32.2. The summed E-state index contributed by atoms with van der Waals surface area (Å²) in [5.74, 6) is -0.106. The van der Waals surface area contributed by atoms with Crippen molar-refractivity contribution in [2.75, 3.05) is 13.7 Å². The third kappa shape index (κ3) is 4.69. The summed E-state index contributed by atoms with van der Waals surface area (Å²) >= 11 is 0. The zero-order valence-corrected chi connectivity index (χ0v) is 16.8. The molecule has 0 saturated heterocycles. The van der Waals surface area contributed by atoms with Gasteiger partial charge in [-0.05, 0) is 55.0 Å². The van der Waals surface area contributed by atoms with Crippen LogP contribution in [0.1, 0.15) is 12.5 Å². The van der Waals surface area contributed by atoms with Crippen molar-refractivity contribution in [3.05, 3.63) is 54.2 Å². The molecule has 3 N–H and O–H groups in total. The number of methoxy groups -OCH3 is 1. The van der Waals surface area contributed by atoms with Crippen LogP contribution in [-0.4, -0.2) is 44.2 Å². The molecule has 1 aromatic heterocycles. The molecule has 8 nitrogen and oxygen atoms in total. The molecule has 2 aromatic carbocycles. The van der Waals surface area contributed by atoms with Gasteiger partial charge in [-0.3, -0.25) is 4.79 Å². The minimum absolute atomic E-state index is 0.0290. The molecule has 1 heterocycles. The fourth-order valence-electron chi connectivity index (χ4n) is 2.99. The van der Waals surface area contributed by atoms with Crippen LogP contribution in [0.15, 0.2) is 53.6 Å². The number of hydrogen-bond donors (Lipinski definition) is 3. The van der Waals surface area contributed by atoms with Crippen molar-refractivity contribution in [3.63, 3.8) is 0 Å². The van der Waals surface area contributed by atoms with Crippen molar-refractivity contribution in [2.24, 2.45) is 0 Å². The van der Waals surface area contributed by atoms with Crippen LogP contribution in [0, 0.1) is 0 Å². The predicted octanol–water partition coefficient (Wildman–Crippen LogP) is 2.55. The van der Waals surface area contributed by atoms with Gasteiger partial charge in [0.25, 0.3) is 0 Å². The topological polar surface area (TPSA) is 118 Å². The van der Waals surface area contributed by atoms with E-state index in [2.05, 4.69) is 9.71 Å². The fraction of sp³-hybridized carbons (Fsp3) is 0.250. The maximum atomic E-state index is 12.7. The van der Waals surface area contributed by atoms with E-state index in [1.165, 1.54) is 24.3 Å². The number of ether oxygens (including phenoxy) is 2. The lowest BCUT2D eigenvalue weighted by atomic mass is 10.1. The molecule has 0 aliphatic heterocycles. The highest BCUT2D eigenvalue weighted by molar-refractivity contribution is 7.89. The van der Waals surface area contributed by atoms with Crippen LogP contribution in [0.5, 0.6) is 11.5 Å². The standard InChI is InChI=1S/C20H22N2O6S/c1-3-28-14-4-7-16(8-5-14)29(25,26)22-19(20(23)24)10-13-12-21-18-9-6-15(27-2)11-17(13)18/h4-9,11-12,19,21-22H,3,10H2,1-2H3,(H,23,24). The molecule has 1 atom stereocenters. The second kappa shape index (κ2) is 8.54. The lowest BCUT2D eigenvalue weighted by Gasteiger charge is -2.15. The van der Waals surface area contributed by atoms with Gasteiger partial charge in [0.15, 0.2) is 0 Å². The van der Waals surface area contributed by atoms with Crippen LogP contribution in [0.4, 0.5) is 0 Å². The first-order chi connectivity index (χ1) is 13.8. The summed E-state index contributed by atoms with van der Waals surface area (Å²) in [4.78, 5) is 14.8. The number of aromatic nitrogens is 1. The SMILES string of the molecule is CCOc1ccc(S(=O)(=O)NC(Cc2c[nH]c3ccc(OC)cc23)C(=O)O)cc1. The van der Waals surface area contributed by atoms with Crippen molar-refractivity contribution in [1.29, 1.82) is 0 Å². The van der Waals surface area contributed by atoms with Crippen molar-refractivity contribution < 1.29 is 27.8 Å². The second-order valence-corrected chi connectivity index (χ2v) is 8.06. The molecule has 29 heavy (non-hydrogen) atoms. The van der Waals surface area contributed by atoms with Gasteiger partial charge in [-0.25, -0.2) is 8.42 Å². The molecule has 0 radical (unpaired) electrons. The third-order valence-corrected chi connectivity index (χ3v) is 5.93. The Labute approximate surface area is 168 Å². The highest BCUT2D eigenvalue weighted by Gasteiger charge is 2.26. The van der Waals surface area contributed by atoms with Crippen LogP contribution in [0.2, 0.25) is 0 Å². The lowest BCUT2D eigenvalue weighted by molar-refractivity contribution is -0.138. The van der Waals surface area contributed by atoms with Crippen molar-refractivity contribution in [2.45, 2.75) is 24.3 Å². The van der Waals surface area contributed by atoms with Gasteiger partial charge >= 0.3 is 5.97 Å². The zero-order chi connectivity index (χ0) is 21.0. The largest absolute Gasteiger partial charge is 0.497 e. The quantitative estimate of drug-likeness (QED) is 0.492. The van der Waals surface area contributed by atoms with Crippen LogP contribution in [0.3, 0.4) is 0 Å². The van der Waals surface area contributed by atoms with Crippen molar-refractivity contribution in [3.8, 4) is 11.5 Å². The normalized spacial score (nSPS) is 12.6. The monoisotopic (exact) mass is 418 g/mol. The number of H-pyrrole nitrogens is 1. The van der Waals surface area contributed by atoms with Crippen LogP contribution < -0.4 is 14.2 Å². The fourth-order valence-corrected chi connectivity index (χ4v) is 4.18. The molecule has 1 unspecified atom stereocenters. The van der Waals surface area contributed by atoms with E-state index < -0.39 is 22.0 Å². The Kier molecular flexibility index (Phi) is 6.09. The first-order valence-electron chi connectivity index (χ1n) is 8.96. The molecule has 0 saturated carbocycles. The minimum atomic E-state index is -4.03. The first kappa shape index (κ1) is 20.7. The van der Waals surface area contributed by atoms with E-state index in [1.54, 1.807) is 25.4 Å². The maximum Gasteiger partial charge on any atom is 0.322 e.